The molecule has 0 fully saturated rings. The highest BCUT2D eigenvalue weighted by Gasteiger charge is 2.20. The maximum Gasteiger partial charge on any atom is 0.231 e. The van der Waals surface area contributed by atoms with Gasteiger partial charge in [-0.3, -0.25) is 9.59 Å². The van der Waals surface area contributed by atoms with Crippen LogP contribution >= 0.6 is 0 Å². The number of aromatic hydroxyl groups is 1. The van der Waals surface area contributed by atoms with Crippen molar-refractivity contribution in [1.29, 1.82) is 0 Å². The van der Waals surface area contributed by atoms with E-state index in [1.165, 1.54) is 25.1 Å². The van der Waals surface area contributed by atoms with E-state index in [2.05, 4.69) is 0 Å². The number of rotatable bonds is 3. The lowest BCUT2D eigenvalue weighted by molar-refractivity contribution is 0.0998. The Balaban J connectivity index is 2.44. The van der Waals surface area contributed by atoms with E-state index in [1.807, 2.05) is 0 Å². The molecule has 18 heavy (non-hydrogen) atoms. The fourth-order valence-corrected chi connectivity index (χ4v) is 1.74. The van der Waals surface area contributed by atoms with Crippen LogP contribution < -0.4 is 0 Å². The Morgan fingerprint density at radius 1 is 1.17 bits per heavy atom. The minimum absolute atomic E-state index is 0.0548. The Labute approximate surface area is 104 Å². The van der Waals surface area contributed by atoms with Gasteiger partial charge in [-0.25, -0.2) is 0 Å². The Hall–Kier alpha value is -2.36. The van der Waals surface area contributed by atoms with Crippen LogP contribution in [0.25, 0.3) is 0 Å². The number of ketones is 2. The second-order valence-corrected chi connectivity index (χ2v) is 3.98. The Bertz CT molecular complexity index is 622. The van der Waals surface area contributed by atoms with Gasteiger partial charge in [0.2, 0.25) is 5.78 Å². The average Bonchev–Trinajstić information content (AvgIpc) is 2.71. The van der Waals surface area contributed by atoms with Gasteiger partial charge in [0, 0.05) is 0 Å². The van der Waals surface area contributed by atoms with Gasteiger partial charge >= 0.3 is 0 Å². The van der Waals surface area contributed by atoms with Crippen molar-refractivity contribution >= 4 is 11.6 Å². The number of para-hydroxylation sites is 1. The van der Waals surface area contributed by atoms with Gasteiger partial charge in [-0.2, -0.15) is 0 Å². The topological polar surface area (TPSA) is 67.5 Å². The van der Waals surface area contributed by atoms with Gasteiger partial charge in [0.25, 0.3) is 0 Å². The van der Waals surface area contributed by atoms with Gasteiger partial charge in [-0.05, 0) is 32.0 Å². The standard InChI is InChI=1S/C14H12O4/c1-8(15)11-7-13(18-9(11)2)14(17)10-5-3-4-6-12(10)16/h3-7,16H,1-2H3. The van der Waals surface area contributed by atoms with E-state index in [4.69, 9.17) is 4.42 Å². The molecular weight excluding hydrogens is 232 g/mol. The van der Waals surface area contributed by atoms with Gasteiger partial charge in [-0.1, -0.05) is 12.1 Å². The summed E-state index contributed by atoms with van der Waals surface area (Å²) in [7, 11) is 0. The van der Waals surface area contributed by atoms with Crippen molar-refractivity contribution in [3.05, 3.63) is 53.0 Å². The van der Waals surface area contributed by atoms with Crippen molar-refractivity contribution in [3.63, 3.8) is 0 Å². The van der Waals surface area contributed by atoms with Crippen LogP contribution in [0.2, 0.25) is 0 Å². The third-order valence-electron chi connectivity index (χ3n) is 2.67. The summed E-state index contributed by atoms with van der Waals surface area (Å²) in [5.41, 5.74) is 0.537. The summed E-state index contributed by atoms with van der Waals surface area (Å²) in [5.74, 6) is -0.252. The first-order valence-electron chi connectivity index (χ1n) is 5.44. The van der Waals surface area contributed by atoms with E-state index < -0.39 is 5.78 Å². The molecule has 0 aliphatic carbocycles. The molecule has 1 aromatic carbocycles. The number of furan rings is 1. The molecule has 4 nitrogen and oxygen atoms in total. The summed E-state index contributed by atoms with van der Waals surface area (Å²) in [6.45, 7) is 3.03. The van der Waals surface area contributed by atoms with E-state index in [1.54, 1.807) is 19.1 Å². The molecule has 0 radical (unpaired) electrons. The van der Waals surface area contributed by atoms with Crippen LogP contribution in [0.3, 0.4) is 0 Å². The van der Waals surface area contributed by atoms with Crippen LogP contribution in [0, 0.1) is 6.92 Å². The maximum atomic E-state index is 12.1. The highest BCUT2D eigenvalue weighted by atomic mass is 16.3. The first-order valence-corrected chi connectivity index (χ1v) is 5.44. The summed E-state index contributed by atoms with van der Waals surface area (Å²) in [5, 5.41) is 9.60. The molecule has 0 aliphatic rings. The molecule has 0 unspecified atom stereocenters. The molecule has 1 N–H and O–H groups in total. The van der Waals surface area contributed by atoms with Crippen molar-refractivity contribution in [1.82, 2.24) is 0 Å². The molecule has 0 saturated carbocycles. The SMILES string of the molecule is CC(=O)c1cc(C(=O)c2ccccc2O)oc1C. The molecule has 92 valence electrons. The van der Waals surface area contributed by atoms with Gasteiger partial charge in [0.05, 0.1) is 11.1 Å². The zero-order valence-corrected chi connectivity index (χ0v) is 10.1. The molecule has 2 aromatic rings. The number of Topliss-reactive ketones (excluding diaryl/α,β-unsaturated/α-hetero) is 1. The molecule has 0 amide bonds. The summed E-state index contributed by atoms with van der Waals surface area (Å²) in [6.07, 6.45) is 0. The Kier molecular flexibility index (Phi) is 3.02. The number of aryl methyl sites for hydroxylation is 1. The number of benzene rings is 1. The van der Waals surface area contributed by atoms with E-state index in [9.17, 15) is 14.7 Å². The van der Waals surface area contributed by atoms with Crippen LogP contribution in [-0.2, 0) is 0 Å². The van der Waals surface area contributed by atoms with Crippen molar-refractivity contribution in [2.24, 2.45) is 0 Å². The van der Waals surface area contributed by atoms with Gasteiger partial charge in [0.15, 0.2) is 11.5 Å². The lowest BCUT2D eigenvalue weighted by Crippen LogP contribution is -1.99. The lowest BCUT2D eigenvalue weighted by atomic mass is 10.1. The number of phenolic OH excluding ortho intramolecular Hbond substituents is 1. The van der Waals surface area contributed by atoms with Crippen LogP contribution in [0.4, 0.5) is 0 Å². The lowest BCUT2D eigenvalue weighted by Gasteiger charge is -2.00. The smallest absolute Gasteiger partial charge is 0.231 e. The van der Waals surface area contributed by atoms with Gasteiger partial charge < -0.3 is 9.52 Å². The van der Waals surface area contributed by atoms with Crippen molar-refractivity contribution in [2.75, 3.05) is 0 Å². The number of phenols is 1. The quantitative estimate of drug-likeness (QED) is 0.843. The molecule has 1 aromatic heterocycles. The summed E-state index contributed by atoms with van der Waals surface area (Å²) in [6, 6.07) is 7.61. The Morgan fingerprint density at radius 3 is 2.39 bits per heavy atom. The molecule has 4 heteroatoms. The summed E-state index contributed by atoms with van der Waals surface area (Å²) < 4.78 is 5.27. The zero-order chi connectivity index (χ0) is 13.3. The van der Waals surface area contributed by atoms with Crippen molar-refractivity contribution in [2.45, 2.75) is 13.8 Å². The van der Waals surface area contributed by atoms with Crippen LogP contribution in [0.15, 0.2) is 34.7 Å². The predicted molar refractivity (Wildman–Crippen MR) is 65.0 cm³/mol. The molecule has 2 rings (SSSR count). The molecule has 1 heterocycles. The molecule has 0 bridgehead atoms. The van der Waals surface area contributed by atoms with Crippen LogP contribution in [-0.4, -0.2) is 16.7 Å². The minimum Gasteiger partial charge on any atom is -0.507 e. The summed E-state index contributed by atoms with van der Waals surface area (Å²) in [4.78, 5) is 23.4. The van der Waals surface area contributed by atoms with Crippen molar-refractivity contribution in [3.8, 4) is 5.75 Å². The molecular formula is C14H12O4. The minimum atomic E-state index is -0.441. The third-order valence-corrected chi connectivity index (χ3v) is 2.67. The molecule has 0 atom stereocenters. The Morgan fingerprint density at radius 2 is 1.83 bits per heavy atom. The predicted octanol–water partition coefficient (Wildman–Crippen LogP) is 2.73. The number of hydrogen-bond donors (Lipinski definition) is 1. The van der Waals surface area contributed by atoms with Gasteiger partial charge in [-0.15, -0.1) is 0 Å². The molecule has 0 saturated heterocycles. The number of carbonyl (C=O) groups excluding carboxylic acids is 2. The monoisotopic (exact) mass is 244 g/mol. The second kappa shape index (κ2) is 4.49. The first kappa shape index (κ1) is 12.1. The number of carbonyl (C=O) groups is 2. The fraction of sp³-hybridized carbons (Fsp3) is 0.143. The molecule has 0 spiro atoms. The van der Waals surface area contributed by atoms with E-state index in [0.717, 1.165) is 0 Å². The maximum absolute atomic E-state index is 12.1. The molecule has 0 aliphatic heterocycles. The van der Waals surface area contributed by atoms with E-state index >= 15 is 0 Å². The van der Waals surface area contributed by atoms with E-state index in [0.29, 0.717) is 11.3 Å². The van der Waals surface area contributed by atoms with Gasteiger partial charge in [0.1, 0.15) is 11.5 Å². The number of hydrogen-bond acceptors (Lipinski definition) is 4. The first-order chi connectivity index (χ1) is 8.50. The third kappa shape index (κ3) is 2.05. The van der Waals surface area contributed by atoms with Crippen LogP contribution in [0.1, 0.15) is 39.2 Å². The normalized spacial score (nSPS) is 10.3. The second-order valence-electron chi connectivity index (χ2n) is 3.98. The van der Waals surface area contributed by atoms with Crippen molar-refractivity contribution < 1.29 is 19.1 Å². The summed E-state index contributed by atoms with van der Waals surface area (Å²) >= 11 is 0. The highest BCUT2D eigenvalue weighted by molar-refractivity contribution is 6.10. The average molecular weight is 244 g/mol. The largest absolute Gasteiger partial charge is 0.507 e. The van der Waals surface area contributed by atoms with E-state index in [-0.39, 0.29) is 22.9 Å². The van der Waals surface area contributed by atoms with Crippen LogP contribution in [0.5, 0.6) is 5.75 Å². The highest BCUT2D eigenvalue weighted by Crippen LogP contribution is 2.23. The fourth-order valence-electron chi connectivity index (χ4n) is 1.74. The zero-order valence-electron chi connectivity index (χ0n) is 10.1.